The highest BCUT2D eigenvalue weighted by atomic mass is 32.2. The van der Waals surface area contributed by atoms with Gasteiger partial charge in [0.2, 0.25) is 10.0 Å². The number of ketones is 1. The number of ether oxygens (including phenoxy) is 1. The van der Waals surface area contributed by atoms with E-state index in [1.54, 1.807) is 0 Å². The van der Waals surface area contributed by atoms with Crippen LogP contribution < -0.4 is 10.1 Å². The van der Waals surface area contributed by atoms with Crippen molar-refractivity contribution in [1.82, 2.24) is 4.31 Å². The monoisotopic (exact) mass is 422 g/mol. The smallest absolute Gasteiger partial charge is 0.296 e. The number of rotatable bonds is 5. The molecule has 10 heteroatoms. The van der Waals surface area contributed by atoms with Crippen molar-refractivity contribution < 1.29 is 31.5 Å². The first kappa shape index (κ1) is 19.5. The molecule has 1 atom stereocenters. The molecule has 152 valence electrons. The summed E-state index contributed by atoms with van der Waals surface area (Å²) < 4.78 is 59.4. The van der Waals surface area contributed by atoms with Crippen molar-refractivity contribution in [2.75, 3.05) is 18.5 Å². The van der Waals surface area contributed by atoms with E-state index < -0.39 is 39.4 Å². The highest BCUT2D eigenvalue weighted by Crippen LogP contribution is 2.31. The Morgan fingerprint density at radius 3 is 2.55 bits per heavy atom. The van der Waals surface area contributed by atoms with Crippen LogP contribution in [0.2, 0.25) is 0 Å². The quantitative estimate of drug-likeness (QED) is 0.747. The lowest BCUT2D eigenvalue weighted by Crippen LogP contribution is -2.39. The van der Waals surface area contributed by atoms with Gasteiger partial charge in [-0.1, -0.05) is 0 Å². The Morgan fingerprint density at radius 1 is 1.10 bits per heavy atom. The van der Waals surface area contributed by atoms with E-state index in [1.165, 1.54) is 22.5 Å². The van der Waals surface area contributed by atoms with Crippen molar-refractivity contribution in [3.63, 3.8) is 0 Å². The molecule has 4 rings (SSSR count). The average molecular weight is 422 g/mol. The summed E-state index contributed by atoms with van der Waals surface area (Å²) in [7, 11) is -3.96. The van der Waals surface area contributed by atoms with Crippen LogP contribution in [0.25, 0.3) is 0 Å². The number of hydrogen-bond donors (Lipinski definition) is 1. The van der Waals surface area contributed by atoms with Gasteiger partial charge >= 0.3 is 0 Å². The number of sulfonamides is 1. The number of anilines is 1. The zero-order chi connectivity index (χ0) is 20.8. The lowest BCUT2D eigenvalue weighted by Gasteiger charge is -2.24. The third-order valence-electron chi connectivity index (χ3n) is 4.90. The maximum absolute atomic E-state index is 13.3. The molecule has 0 aliphatic carbocycles. The second-order valence-corrected chi connectivity index (χ2v) is 8.71. The summed E-state index contributed by atoms with van der Waals surface area (Å²) in [5.41, 5.74) is 0.284. The fourth-order valence-corrected chi connectivity index (χ4v) is 5.22. The van der Waals surface area contributed by atoms with Gasteiger partial charge in [0.05, 0.1) is 22.2 Å². The van der Waals surface area contributed by atoms with Gasteiger partial charge in [0.1, 0.15) is 24.0 Å². The van der Waals surface area contributed by atoms with Crippen molar-refractivity contribution in [1.29, 1.82) is 0 Å². The maximum atomic E-state index is 13.3. The summed E-state index contributed by atoms with van der Waals surface area (Å²) >= 11 is 0. The minimum absolute atomic E-state index is 0.0123. The van der Waals surface area contributed by atoms with Gasteiger partial charge < -0.3 is 10.1 Å². The summed E-state index contributed by atoms with van der Waals surface area (Å²) in [6.07, 6.45) is 1.11. The van der Waals surface area contributed by atoms with Gasteiger partial charge in [-0.25, -0.2) is 17.2 Å². The van der Waals surface area contributed by atoms with Gasteiger partial charge in [-0.15, -0.1) is 0 Å². The van der Waals surface area contributed by atoms with Gasteiger partial charge in [0.15, 0.2) is 0 Å². The first-order valence-corrected chi connectivity index (χ1v) is 10.3. The number of carbonyl (C=O) groups excluding carboxylic acids is 2. The first-order chi connectivity index (χ1) is 13.8. The van der Waals surface area contributed by atoms with E-state index in [0.29, 0.717) is 18.9 Å². The van der Waals surface area contributed by atoms with Crippen molar-refractivity contribution in [2.45, 2.75) is 23.8 Å². The van der Waals surface area contributed by atoms with Crippen molar-refractivity contribution in [3.8, 4) is 5.75 Å². The molecule has 2 aromatic carbocycles. The molecule has 0 unspecified atom stereocenters. The van der Waals surface area contributed by atoms with E-state index in [0.717, 1.165) is 12.1 Å². The normalized spacial score (nSPS) is 19.3. The van der Waals surface area contributed by atoms with Crippen LogP contribution in [0.4, 0.5) is 14.5 Å². The highest BCUT2D eigenvalue weighted by molar-refractivity contribution is 7.89. The second kappa shape index (κ2) is 7.20. The van der Waals surface area contributed by atoms with E-state index in [-0.39, 0.29) is 35.0 Å². The molecule has 2 heterocycles. The Labute approximate surface area is 165 Å². The molecule has 7 nitrogen and oxygen atoms in total. The van der Waals surface area contributed by atoms with E-state index in [2.05, 4.69) is 5.32 Å². The highest BCUT2D eigenvalue weighted by Gasteiger charge is 2.37. The summed E-state index contributed by atoms with van der Waals surface area (Å²) in [5, 5.41) is 2.37. The largest absolute Gasteiger partial charge is 0.492 e. The lowest BCUT2D eigenvalue weighted by molar-refractivity contribution is -0.112. The summed E-state index contributed by atoms with van der Waals surface area (Å²) in [6.45, 7) is 0.169. The van der Waals surface area contributed by atoms with E-state index in [4.69, 9.17) is 4.74 Å². The van der Waals surface area contributed by atoms with Crippen LogP contribution in [0.5, 0.6) is 5.75 Å². The minimum atomic E-state index is -3.96. The SMILES string of the molecule is O=C1Nc2ccc(S(=O)(=O)N3CCC[C@H]3COc3cc(F)cc(F)c3)cc2C1=O. The molecule has 0 saturated carbocycles. The fraction of sp³-hybridized carbons (Fsp3) is 0.263. The number of hydrogen-bond acceptors (Lipinski definition) is 5. The zero-order valence-electron chi connectivity index (χ0n) is 15.0. The van der Waals surface area contributed by atoms with Crippen LogP contribution in [0.3, 0.4) is 0 Å². The molecule has 0 aromatic heterocycles. The molecule has 0 spiro atoms. The predicted octanol–water partition coefficient (Wildman–Crippen LogP) is 2.33. The van der Waals surface area contributed by atoms with E-state index in [1.807, 2.05) is 0 Å². The molecule has 0 radical (unpaired) electrons. The summed E-state index contributed by atoms with van der Waals surface area (Å²) in [6, 6.07) is 6.11. The number of nitrogens with zero attached hydrogens (tertiary/aromatic N) is 1. The Bertz CT molecular complexity index is 1100. The van der Waals surface area contributed by atoms with E-state index in [9.17, 15) is 26.8 Å². The van der Waals surface area contributed by atoms with Gasteiger partial charge in [0.25, 0.3) is 11.7 Å². The summed E-state index contributed by atoms with van der Waals surface area (Å²) in [5.74, 6) is -3.20. The lowest BCUT2D eigenvalue weighted by atomic mass is 10.1. The number of Topliss-reactive ketones (excluding diaryl/α,β-unsaturated/α-hetero) is 1. The minimum Gasteiger partial charge on any atom is -0.492 e. The number of carbonyl (C=O) groups is 2. The number of fused-ring (bicyclic) bond motifs is 1. The molecule has 1 N–H and O–H groups in total. The van der Waals surface area contributed by atoms with Crippen LogP contribution in [0.15, 0.2) is 41.3 Å². The van der Waals surface area contributed by atoms with Crippen LogP contribution >= 0.6 is 0 Å². The third-order valence-corrected chi connectivity index (χ3v) is 6.85. The summed E-state index contributed by atoms with van der Waals surface area (Å²) in [4.78, 5) is 23.2. The molecule has 0 bridgehead atoms. The van der Waals surface area contributed by atoms with Gasteiger partial charge in [0, 0.05) is 24.7 Å². The second-order valence-electron chi connectivity index (χ2n) is 6.82. The van der Waals surface area contributed by atoms with Crippen LogP contribution in [-0.4, -0.2) is 43.6 Å². The predicted molar refractivity (Wildman–Crippen MR) is 98.2 cm³/mol. The first-order valence-electron chi connectivity index (χ1n) is 8.86. The molecule has 2 aromatic rings. The Hall–Kier alpha value is -2.85. The fourth-order valence-electron chi connectivity index (χ4n) is 3.51. The van der Waals surface area contributed by atoms with Crippen LogP contribution in [-0.2, 0) is 14.8 Å². The number of halogens is 2. The molecule has 1 fully saturated rings. The topological polar surface area (TPSA) is 92.8 Å². The Morgan fingerprint density at radius 2 is 1.83 bits per heavy atom. The van der Waals surface area contributed by atoms with Crippen molar-refractivity contribution in [2.24, 2.45) is 0 Å². The van der Waals surface area contributed by atoms with Crippen molar-refractivity contribution in [3.05, 3.63) is 53.6 Å². The Balaban J connectivity index is 1.55. The number of nitrogens with one attached hydrogen (secondary N) is 1. The molecule has 29 heavy (non-hydrogen) atoms. The van der Waals surface area contributed by atoms with Gasteiger partial charge in [-0.05, 0) is 31.0 Å². The molecule has 1 amide bonds. The molecule has 2 aliphatic heterocycles. The maximum Gasteiger partial charge on any atom is 0.296 e. The number of benzene rings is 2. The molecular weight excluding hydrogens is 406 g/mol. The van der Waals surface area contributed by atoms with Crippen molar-refractivity contribution >= 4 is 27.4 Å². The van der Waals surface area contributed by atoms with Crippen LogP contribution in [0.1, 0.15) is 23.2 Å². The molecular formula is C19H16F2N2O5S. The van der Waals surface area contributed by atoms with Gasteiger partial charge in [-0.2, -0.15) is 4.31 Å². The van der Waals surface area contributed by atoms with Gasteiger partial charge in [-0.3, -0.25) is 9.59 Å². The standard InChI is InChI=1S/C19H16F2N2O5S/c20-11-6-12(21)8-14(7-11)28-10-13-2-1-5-23(13)29(26,27)15-3-4-17-16(9-15)18(24)19(25)22-17/h3-4,6-9,13H,1-2,5,10H2,(H,22,24,25)/t13-/m0/s1. The zero-order valence-corrected chi connectivity index (χ0v) is 15.8. The van der Waals surface area contributed by atoms with E-state index >= 15 is 0 Å². The van der Waals surface area contributed by atoms with Crippen LogP contribution in [0, 0.1) is 11.6 Å². The Kier molecular flexibility index (Phi) is 4.83. The molecule has 1 saturated heterocycles. The third kappa shape index (κ3) is 3.60. The molecule has 2 aliphatic rings. The number of amides is 1. The average Bonchev–Trinajstić information content (AvgIpc) is 3.24.